The van der Waals surface area contributed by atoms with Gasteiger partial charge in [0.1, 0.15) is 0 Å². The molecular weight excluding hydrogens is 294 g/mol. The van der Waals surface area contributed by atoms with Gasteiger partial charge >= 0.3 is 6.01 Å². The van der Waals surface area contributed by atoms with Crippen LogP contribution in [0.3, 0.4) is 0 Å². The Kier molecular flexibility index (Phi) is 3.04. The van der Waals surface area contributed by atoms with Crippen LogP contribution in [0.4, 0.5) is 0 Å². The van der Waals surface area contributed by atoms with Gasteiger partial charge in [-0.15, -0.1) is 16.4 Å². The number of H-pyrrole nitrogens is 1. The van der Waals surface area contributed by atoms with Crippen molar-refractivity contribution < 1.29 is 13.2 Å². The Morgan fingerprint density at radius 2 is 2.39 bits per heavy atom. The van der Waals surface area contributed by atoms with Crippen LogP contribution >= 0.6 is 23.1 Å². The fourth-order valence-corrected chi connectivity index (χ4v) is 4.38. The standard InChI is InChI=1S/C9H9N3O3S3/c13-18(14,5-6-4-17-6)9-10-8(11-12-9)15-7-2-1-3-16-7/h1-3,6H,4-5H2,(H,10,11,12). The van der Waals surface area contributed by atoms with E-state index in [4.69, 9.17) is 4.74 Å². The van der Waals surface area contributed by atoms with Crippen molar-refractivity contribution in [2.24, 2.45) is 0 Å². The number of hydrogen-bond acceptors (Lipinski definition) is 7. The van der Waals surface area contributed by atoms with E-state index in [0.717, 1.165) is 5.75 Å². The number of rotatable bonds is 5. The quantitative estimate of drug-likeness (QED) is 0.844. The highest BCUT2D eigenvalue weighted by Crippen LogP contribution is 2.32. The van der Waals surface area contributed by atoms with Gasteiger partial charge in [-0.05, 0) is 17.5 Å². The number of nitrogens with zero attached hydrogens (tertiary/aromatic N) is 2. The third kappa shape index (κ3) is 2.68. The monoisotopic (exact) mass is 303 g/mol. The van der Waals surface area contributed by atoms with Crippen LogP contribution in [0.5, 0.6) is 11.1 Å². The summed E-state index contributed by atoms with van der Waals surface area (Å²) in [6.07, 6.45) is 0. The van der Waals surface area contributed by atoms with E-state index >= 15 is 0 Å². The van der Waals surface area contributed by atoms with Crippen LogP contribution < -0.4 is 4.74 Å². The van der Waals surface area contributed by atoms with Crippen LogP contribution in [0.1, 0.15) is 0 Å². The molecule has 1 aliphatic rings. The molecule has 96 valence electrons. The van der Waals surface area contributed by atoms with Gasteiger partial charge in [-0.25, -0.2) is 13.5 Å². The zero-order valence-corrected chi connectivity index (χ0v) is 11.5. The topological polar surface area (TPSA) is 84.9 Å². The van der Waals surface area contributed by atoms with E-state index in [-0.39, 0.29) is 22.2 Å². The maximum absolute atomic E-state index is 11.9. The van der Waals surface area contributed by atoms with E-state index in [0.29, 0.717) is 5.06 Å². The minimum absolute atomic E-state index is 0.0273. The van der Waals surface area contributed by atoms with Gasteiger partial charge in [0.05, 0.1) is 5.75 Å². The van der Waals surface area contributed by atoms with E-state index in [1.54, 1.807) is 17.8 Å². The third-order valence-corrected chi connectivity index (χ3v) is 5.77. The fourth-order valence-electron chi connectivity index (χ4n) is 1.32. The van der Waals surface area contributed by atoms with Gasteiger partial charge in [-0.3, -0.25) is 0 Å². The average molecular weight is 303 g/mol. The molecule has 6 nitrogen and oxygen atoms in total. The van der Waals surface area contributed by atoms with Crippen molar-refractivity contribution >= 4 is 32.9 Å². The summed E-state index contributed by atoms with van der Waals surface area (Å²) in [6, 6.07) is 3.62. The molecule has 0 amide bonds. The smallest absolute Gasteiger partial charge is 0.342 e. The van der Waals surface area contributed by atoms with Gasteiger partial charge in [0.25, 0.3) is 0 Å². The second-order valence-corrected chi connectivity index (χ2v) is 7.89. The molecular formula is C9H9N3O3S3. The fraction of sp³-hybridized carbons (Fsp3) is 0.333. The number of sulfone groups is 1. The summed E-state index contributed by atoms with van der Waals surface area (Å²) in [6.45, 7) is 0. The third-order valence-electron chi connectivity index (χ3n) is 2.23. The first-order valence-corrected chi connectivity index (χ1v) is 8.70. The van der Waals surface area contributed by atoms with Crippen molar-refractivity contribution in [3.63, 3.8) is 0 Å². The first-order chi connectivity index (χ1) is 8.63. The molecule has 1 saturated heterocycles. The number of thioether (sulfide) groups is 1. The maximum atomic E-state index is 11.9. The van der Waals surface area contributed by atoms with Crippen LogP contribution in [0.15, 0.2) is 22.7 Å². The van der Waals surface area contributed by atoms with Crippen molar-refractivity contribution in [3.8, 4) is 11.1 Å². The van der Waals surface area contributed by atoms with Gasteiger partial charge in [0, 0.05) is 11.0 Å². The number of aromatic nitrogens is 3. The van der Waals surface area contributed by atoms with Crippen LogP contribution in [-0.2, 0) is 9.84 Å². The molecule has 1 fully saturated rings. The van der Waals surface area contributed by atoms with Gasteiger partial charge in [-0.1, -0.05) is 0 Å². The second-order valence-electron chi connectivity index (χ2n) is 3.69. The Morgan fingerprint density at radius 1 is 1.56 bits per heavy atom. The zero-order valence-electron chi connectivity index (χ0n) is 9.07. The molecule has 9 heteroatoms. The lowest BCUT2D eigenvalue weighted by Gasteiger charge is -1.96. The molecule has 0 radical (unpaired) electrons. The van der Waals surface area contributed by atoms with Crippen LogP contribution in [0.2, 0.25) is 0 Å². The highest BCUT2D eigenvalue weighted by Gasteiger charge is 2.32. The highest BCUT2D eigenvalue weighted by atomic mass is 32.2. The predicted molar refractivity (Wildman–Crippen MR) is 69.1 cm³/mol. The molecule has 2 aromatic rings. The molecule has 1 atom stereocenters. The number of thiophene rings is 1. The average Bonchev–Trinajstić information content (AvgIpc) is 2.84. The molecule has 1 unspecified atom stereocenters. The number of hydrogen-bond donors (Lipinski definition) is 1. The predicted octanol–water partition coefficient (Wildman–Crippen LogP) is 1.55. The van der Waals surface area contributed by atoms with Gasteiger partial charge in [-0.2, -0.15) is 16.7 Å². The normalized spacial score (nSPS) is 18.8. The van der Waals surface area contributed by atoms with Crippen molar-refractivity contribution in [2.75, 3.05) is 11.5 Å². The molecule has 3 rings (SSSR count). The van der Waals surface area contributed by atoms with E-state index in [1.807, 2.05) is 11.4 Å². The van der Waals surface area contributed by atoms with Crippen molar-refractivity contribution in [3.05, 3.63) is 17.5 Å². The summed E-state index contributed by atoms with van der Waals surface area (Å²) < 4.78 is 29.1. The van der Waals surface area contributed by atoms with Crippen molar-refractivity contribution in [1.82, 2.24) is 15.2 Å². The summed E-state index contributed by atoms with van der Waals surface area (Å²) in [5, 5.41) is 8.70. The first-order valence-electron chi connectivity index (χ1n) is 5.11. The molecule has 1 aliphatic heterocycles. The zero-order chi connectivity index (χ0) is 12.6. The lowest BCUT2D eigenvalue weighted by molar-refractivity contribution is 0.455. The SMILES string of the molecule is O=S(=O)(CC1CS1)c1nc(Oc2cccs2)n[nH]1. The molecule has 0 saturated carbocycles. The Morgan fingerprint density at radius 3 is 3.06 bits per heavy atom. The largest absolute Gasteiger partial charge is 0.412 e. The number of nitrogens with one attached hydrogen (secondary N) is 1. The van der Waals surface area contributed by atoms with E-state index in [9.17, 15) is 8.42 Å². The molecule has 0 bridgehead atoms. The molecule has 0 aromatic carbocycles. The first kappa shape index (κ1) is 12.0. The molecule has 0 aliphatic carbocycles. The lowest BCUT2D eigenvalue weighted by Crippen LogP contribution is -2.12. The van der Waals surface area contributed by atoms with Gasteiger partial charge in [0.15, 0.2) is 5.06 Å². The Hall–Kier alpha value is -1.06. The molecule has 1 N–H and O–H groups in total. The summed E-state index contributed by atoms with van der Waals surface area (Å²) in [5.41, 5.74) is 0. The lowest BCUT2D eigenvalue weighted by atomic mass is 10.6. The summed E-state index contributed by atoms with van der Waals surface area (Å²) in [4.78, 5) is 3.86. The maximum Gasteiger partial charge on any atom is 0.342 e. The van der Waals surface area contributed by atoms with E-state index < -0.39 is 9.84 Å². The van der Waals surface area contributed by atoms with E-state index in [1.165, 1.54) is 11.3 Å². The molecule has 2 aromatic heterocycles. The van der Waals surface area contributed by atoms with Gasteiger partial charge < -0.3 is 4.74 Å². The van der Waals surface area contributed by atoms with Crippen LogP contribution in [0.25, 0.3) is 0 Å². The van der Waals surface area contributed by atoms with Gasteiger partial charge in [0.2, 0.25) is 15.0 Å². The van der Waals surface area contributed by atoms with Crippen LogP contribution in [-0.4, -0.2) is 40.4 Å². The molecule has 0 spiro atoms. The van der Waals surface area contributed by atoms with E-state index in [2.05, 4.69) is 15.2 Å². The van der Waals surface area contributed by atoms with Crippen molar-refractivity contribution in [1.29, 1.82) is 0 Å². The van der Waals surface area contributed by atoms with Crippen LogP contribution in [0, 0.1) is 0 Å². The molecule has 18 heavy (non-hydrogen) atoms. The Labute approximate surface area is 112 Å². The minimum Gasteiger partial charge on any atom is -0.412 e. The number of ether oxygens (including phenoxy) is 1. The summed E-state index contributed by atoms with van der Waals surface area (Å²) in [5.74, 6) is 0.997. The molecule has 3 heterocycles. The Balaban J connectivity index is 1.76. The number of aromatic amines is 1. The summed E-state index contributed by atoms with van der Waals surface area (Å²) in [7, 11) is -3.38. The summed E-state index contributed by atoms with van der Waals surface area (Å²) >= 11 is 3.02. The minimum atomic E-state index is -3.38. The highest BCUT2D eigenvalue weighted by molar-refractivity contribution is 8.08. The Bertz CT molecular complexity index is 631. The van der Waals surface area contributed by atoms with Crippen molar-refractivity contribution in [2.45, 2.75) is 10.4 Å². The second kappa shape index (κ2) is 4.56.